The van der Waals surface area contributed by atoms with Gasteiger partial charge in [-0.1, -0.05) is 76.2 Å². The molecule has 0 aromatic heterocycles. The Labute approximate surface area is 297 Å². The van der Waals surface area contributed by atoms with E-state index in [1.807, 2.05) is 67.6 Å². The number of para-hydroxylation sites is 1. The predicted octanol–water partition coefficient (Wildman–Crippen LogP) is 8.79. The molecule has 0 unspecified atom stereocenters. The van der Waals surface area contributed by atoms with Crippen LogP contribution < -0.4 is 14.8 Å². The van der Waals surface area contributed by atoms with Gasteiger partial charge in [-0.2, -0.15) is 0 Å². The van der Waals surface area contributed by atoms with Crippen LogP contribution in [0.3, 0.4) is 0 Å². The molecule has 0 spiro atoms. The minimum Gasteiger partial charge on any atom is -0.490 e. The van der Waals surface area contributed by atoms with Gasteiger partial charge in [-0.25, -0.2) is 0 Å². The van der Waals surface area contributed by atoms with Gasteiger partial charge in [-0.15, -0.1) is 0 Å². The monoisotopic (exact) mass is 724 g/mol. The molecule has 0 fully saturated rings. The van der Waals surface area contributed by atoms with Crippen molar-refractivity contribution in [3.05, 3.63) is 111 Å². The fourth-order valence-electron chi connectivity index (χ4n) is 7.55. The van der Waals surface area contributed by atoms with Crippen LogP contribution in [0.4, 0.5) is 5.69 Å². The summed E-state index contributed by atoms with van der Waals surface area (Å²) < 4.78 is 12.7. The van der Waals surface area contributed by atoms with Crippen LogP contribution in [-0.2, 0) is 20.8 Å². The van der Waals surface area contributed by atoms with E-state index in [1.54, 1.807) is 0 Å². The van der Waals surface area contributed by atoms with Crippen LogP contribution in [0.2, 0.25) is 0 Å². The Morgan fingerprint density at radius 2 is 1.41 bits per heavy atom. The summed E-state index contributed by atoms with van der Waals surface area (Å²) in [5.41, 5.74) is 5.74. The third-order valence-corrected chi connectivity index (χ3v) is 10.1. The zero-order valence-electron chi connectivity index (χ0n) is 29.0. The second kappa shape index (κ2) is 14.0. The molecule has 2 aliphatic carbocycles. The van der Waals surface area contributed by atoms with Gasteiger partial charge in [0.15, 0.2) is 29.7 Å². The number of ketones is 2. The molecular weight excluding hydrogens is 680 g/mol. The lowest BCUT2D eigenvalue weighted by Gasteiger charge is -2.49. The molecule has 0 radical (unpaired) electrons. The Balaban J connectivity index is 1.43. The number of Topliss-reactive ketones (excluding diaryl/α,β-unsaturated/α-hetero) is 2. The number of carbonyl (C=O) groups is 3. The lowest BCUT2D eigenvalue weighted by atomic mass is 9.63. The molecule has 49 heavy (non-hydrogen) atoms. The summed E-state index contributed by atoms with van der Waals surface area (Å²) in [6.07, 6.45) is 3.10. The van der Waals surface area contributed by atoms with E-state index in [0.29, 0.717) is 58.8 Å². The SMILES string of the molecule is CCOc1cc(C2C3=C(CC(C)(C)CC3=O)N(CCc3ccccc3)C3=C2C(=O)CC(C)(C)C3)cc(Br)c1OCC(=O)Nc1ccccc1. The van der Waals surface area contributed by atoms with Crippen LogP contribution in [0.15, 0.2) is 99.8 Å². The van der Waals surface area contributed by atoms with Gasteiger partial charge in [0, 0.05) is 53.5 Å². The fraction of sp³-hybridized carbons (Fsp3) is 0.390. The Hall–Kier alpha value is -4.17. The van der Waals surface area contributed by atoms with Crippen molar-refractivity contribution < 1.29 is 23.9 Å². The molecule has 0 saturated heterocycles. The standard InChI is InChI=1S/C41H45BrN2O5/c1-6-48-34-20-27(19-29(42)39(34)49-25-35(47)43-28-15-11-8-12-16-28)36-37-30(21-40(2,3)23-32(37)45)44(18-17-26-13-9-7-10-14-26)31-22-41(4,5)24-33(46)38(31)36/h7-16,19-20,36H,6,17-18,21-25H2,1-5H3,(H,43,47). The normalized spacial score (nSPS) is 18.6. The van der Waals surface area contributed by atoms with Gasteiger partial charge in [0.05, 0.1) is 11.1 Å². The first-order valence-electron chi connectivity index (χ1n) is 17.1. The Bertz CT molecular complexity index is 1770. The van der Waals surface area contributed by atoms with Crippen LogP contribution >= 0.6 is 15.9 Å². The average molecular weight is 726 g/mol. The second-order valence-corrected chi connectivity index (χ2v) is 15.7. The van der Waals surface area contributed by atoms with E-state index in [1.165, 1.54) is 5.56 Å². The predicted molar refractivity (Wildman–Crippen MR) is 196 cm³/mol. The highest BCUT2D eigenvalue weighted by Gasteiger charge is 2.49. The summed E-state index contributed by atoms with van der Waals surface area (Å²) in [4.78, 5) is 43.7. The van der Waals surface area contributed by atoms with Crippen LogP contribution in [0.5, 0.6) is 11.5 Å². The number of hydrogen-bond acceptors (Lipinski definition) is 6. The third kappa shape index (κ3) is 7.54. The van der Waals surface area contributed by atoms with Crippen molar-refractivity contribution in [2.45, 2.75) is 72.6 Å². The lowest BCUT2D eigenvalue weighted by Crippen LogP contribution is -2.45. The maximum atomic E-state index is 14.3. The number of anilines is 1. The van der Waals surface area contributed by atoms with Gasteiger partial charge >= 0.3 is 0 Å². The topological polar surface area (TPSA) is 84.9 Å². The highest BCUT2D eigenvalue weighted by atomic mass is 79.9. The fourth-order valence-corrected chi connectivity index (χ4v) is 8.12. The van der Waals surface area contributed by atoms with Gasteiger partial charge in [-0.3, -0.25) is 14.4 Å². The molecule has 6 rings (SSSR count). The summed E-state index contributed by atoms with van der Waals surface area (Å²) >= 11 is 3.71. The first kappa shape index (κ1) is 34.7. The number of nitrogens with one attached hydrogen (secondary N) is 1. The smallest absolute Gasteiger partial charge is 0.262 e. The second-order valence-electron chi connectivity index (χ2n) is 14.9. The number of carbonyl (C=O) groups excluding carboxylic acids is 3. The van der Waals surface area contributed by atoms with E-state index in [2.05, 4.69) is 66.0 Å². The molecule has 256 valence electrons. The van der Waals surface area contributed by atoms with Gasteiger partial charge in [0.1, 0.15) is 0 Å². The lowest BCUT2D eigenvalue weighted by molar-refractivity contribution is -0.120. The molecule has 3 aliphatic rings. The highest BCUT2D eigenvalue weighted by Crippen LogP contribution is 2.55. The molecule has 1 heterocycles. The van der Waals surface area contributed by atoms with Crippen LogP contribution in [0.1, 0.15) is 77.3 Å². The molecule has 0 saturated carbocycles. The van der Waals surface area contributed by atoms with Crippen LogP contribution in [0.25, 0.3) is 0 Å². The molecule has 8 heteroatoms. The number of ether oxygens (including phenoxy) is 2. The number of nitrogens with zero attached hydrogens (tertiary/aromatic N) is 1. The maximum Gasteiger partial charge on any atom is 0.262 e. The van der Waals surface area contributed by atoms with Crippen molar-refractivity contribution in [2.24, 2.45) is 10.8 Å². The number of halogens is 1. The van der Waals surface area contributed by atoms with Crippen molar-refractivity contribution >= 4 is 39.1 Å². The number of benzene rings is 3. The minimum absolute atomic E-state index is 0.0807. The largest absolute Gasteiger partial charge is 0.490 e. The molecule has 1 aliphatic heterocycles. The van der Waals surface area contributed by atoms with E-state index in [4.69, 9.17) is 9.47 Å². The van der Waals surface area contributed by atoms with Gasteiger partial charge in [-0.05, 0) is 88.3 Å². The molecular formula is C41H45BrN2O5. The van der Waals surface area contributed by atoms with Crippen molar-refractivity contribution in [3.63, 3.8) is 0 Å². The summed E-state index contributed by atoms with van der Waals surface area (Å²) in [7, 11) is 0. The van der Waals surface area contributed by atoms with Gasteiger partial charge in [0.25, 0.3) is 5.91 Å². The van der Waals surface area contributed by atoms with Crippen LogP contribution in [0, 0.1) is 10.8 Å². The summed E-state index contributed by atoms with van der Waals surface area (Å²) in [6.45, 7) is 11.3. The summed E-state index contributed by atoms with van der Waals surface area (Å²) in [6, 6.07) is 23.4. The van der Waals surface area contributed by atoms with Gasteiger partial charge in [0.2, 0.25) is 0 Å². The molecule has 1 amide bonds. The zero-order valence-corrected chi connectivity index (χ0v) is 30.6. The molecule has 0 atom stereocenters. The summed E-state index contributed by atoms with van der Waals surface area (Å²) in [5.74, 6) is 0.167. The van der Waals surface area contributed by atoms with E-state index in [9.17, 15) is 14.4 Å². The first-order chi connectivity index (χ1) is 23.4. The minimum atomic E-state index is -0.531. The van der Waals surface area contributed by atoms with E-state index in [0.717, 1.165) is 36.2 Å². The maximum absolute atomic E-state index is 14.3. The van der Waals surface area contributed by atoms with E-state index >= 15 is 0 Å². The first-order valence-corrected chi connectivity index (χ1v) is 17.9. The number of amides is 1. The average Bonchev–Trinajstić information content (AvgIpc) is 3.03. The van der Waals surface area contributed by atoms with Crippen molar-refractivity contribution in [1.29, 1.82) is 0 Å². The molecule has 7 nitrogen and oxygen atoms in total. The number of allylic oxidation sites excluding steroid dienone is 4. The Morgan fingerprint density at radius 1 is 0.837 bits per heavy atom. The Kier molecular flexibility index (Phi) is 9.90. The quantitative estimate of drug-likeness (QED) is 0.225. The van der Waals surface area contributed by atoms with Crippen LogP contribution in [-0.4, -0.2) is 42.1 Å². The molecule has 3 aromatic carbocycles. The van der Waals surface area contributed by atoms with Gasteiger partial charge < -0.3 is 19.7 Å². The summed E-state index contributed by atoms with van der Waals surface area (Å²) in [5, 5.41) is 2.84. The van der Waals surface area contributed by atoms with E-state index in [-0.39, 0.29) is 34.9 Å². The third-order valence-electron chi connectivity index (χ3n) is 9.56. The van der Waals surface area contributed by atoms with Crippen molar-refractivity contribution in [3.8, 4) is 11.5 Å². The highest BCUT2D eigenvalue weighted by molar-refractivity contribution is 9.10. The zero-order chi connectivity index (χ0) is 34.9. The van der Waals surface area contributed by atoms with E-state index < -0.39 is 5.92 Å². The number of hydrogen-bond donors (Lipinski definition) is 1. The Morgan fingerprint density at radius 3 is 1.98 bits per heavy atom. The molecule has 3 aromatic rings. The molecule has 1 N–H and O–H groups in total. The number of rotatable bonds is 10. The van der Waals surface area contributed by atoms with Crippen molar-refractivity contribution in [1.82, 2.24) is 4.90 Å². The molecule has 0 bridgehead atoms. The van der Waals surface area contributed by atoms with Crippen molar-refractivity contribution in [2.75, 3.05) is 25.1 Å².